The number of hydrogen-bond donors (Lipinski definition) is 3. The molecule has 0 unspecified atom stereocenters. The van der Waals surface area contributed by atoms with Gasteiger partial charge < -0.3 is 15.6 Å². The number of hydrogen-bond acceptors (Lipinski definition) is 5. The highest BCUT2D eigenvalue weighted by atomic mass is 35.5. The minimum Gasteiger partial charge on any atom is -0.365 e. The molecule has 12 heteroatoms. The first-order valence-corrected chi connectivity index (χ1v) is 11.5. The molecular formula is C24H19ClF4N6O. The molecule has 5 rings (SSSR count). The molecule has 0 spiro atoms. The molecule has 0 aliphatic heterocycles. The number of fused-ring (bicyclic) bond motifs is 1. The van der Waals surface area contributed by atoms with Crippen LogP contribution in [0.3, 0.4) is 0 Å². The number of nitrogens with one attached hydrogen (secondary N) is 3. The summed E-state index contributed by atoms with van der Waals surface area (Å²) >= 11 is 5.99. The van der Waals surface area contributed by atoms with Crippen molar-refractivity contribution in [1.82, 2.24) is 25.3 Å². The van der Waals surface area contributed by atoms with Crippen molar-refractivity contribution in [2.45, 2.75) is 37.8 Å². The second kappa shape index (κ2) is 9.73. The van der Waals surface area contributed by atoms with Crippen molar-refractivity contribution in [3.05, 3.63) is 70.8 Å². The summed E-state index contributed by atoms with van der Waals surface area (Å²) in [6, 6.07) is 2.76. The van der Waals surface area contributed by atoms with Crippen LogP contribution < -0.4 is 10.6 Å². The van der Waals surface area contributed by atoms with Crippen LogP contribution in [-0.4, -0.2) is 37.9 Å². The highest BCUT2D eigenvalue weighted by Crippen LogP contribution is 2.32. The summed E-state index contributed by atoms with van der Waals surface area (Å²) in [6.07, 6.45) is 5.76. The van der Waals surface area contributed by atoms with Crippen LogP contribution in [0.5, 0.6) is 0 Å². The van der Waals surface area contributed by atoms with Gasteiger partial charge in [0.15, 0.2) is 29.0 Å². The number of benzene rings is 1. The van der Waals surface area contributed by atoms with Gasteiger partial charge in [0.2, 0.25) is 0 Å². The first-order chi connectivity index (χ1) is 17.3. The first-order valence-electron chi connectivity index (χ1n) is 11.2. The summed E-state index contributed by atoms with van der Waals surface area (Å²) in [4.78, 5) is 27.1. The molecule has 1 aliphatic rings. The topological polar surface area (TPSA) is 95.6 Å². The lowest BCUT2D eigenvalue weighted by Crippen LogP contribution is -2.42. The number of aromatic amines is 1. The summed E-state index contributed by atoms with van der Waals surface area (Å²) in [7, 11) is 0. The predicted octanol–water partition coefficient (Wildman–Crippen LogP) is 5.38. The Morgan fingerprint density at radius 3 is 2.61 bits per heavy atom. The number of anilines is 1. The van der Waals surface area contributed by atoms with E-state index >= 15 is 0 Å². The predicted molar refractivity (Wildman–Crippen MR) is 126 cm³/mol. The van der Waals surface area contributed by atoms with E-state index in [0.29, 0.717) is 42.7 Å². The zero-order chi connectivity index (χ0) is 25.4. The van der Waals surface area contributed by atoms with Crippen LogP contribution in [-0.2, 0) is 0 Å². The smallest absolute Gasteiger partial charge is 0.273 e. The number of pyridine rings is 1. The van der Waals surface area contributed by atoms with Crippen LogP contribution in [0.2, 0.25) is 5.02 Å². The van der Waals surface area contributed by atoms with Gasteiger partial charge in [0.1, 0.15) is 11.6 Å². The number of nitrogens with zero attached hydrogens (tertiary/aromatic N) is 3. The highest BCUT2D eigenvalue weighted by Gasteiger charge is 2.26. The molecule has 2 atom stereocenters. The van der Waals surface area contributed by atoms with Gasteiger partial charge in [0, 0.05) is 40.3 Å². The Bertz CT molecular complexity index is 1460. The Morgan fingerprint density at radius 2 is 1.81 bits per heavy atom. The number of carbonyl (C=O) groups is 1. The van der Waals surface area contributed by atoms with Gasteiger partial charge in [-0.05, 0) is 37.8 Å². The summed E-state index contributed by atoms with van der Waals surface area (Å²) in [5, 5.41) is 6.42. The van der Waals surface area contributed by atoms with Gasteiger partial charge in [-0.2, -0.15) is 0 Å². The van der Waals surface area contributed by atoms with E-state index in [2.05, 4.69) is 30.6 Å². The molecule has 1 saturated carbocycles. The number of aromatic nitrogens is 4. The molecule has 7 nitrogen and oxygen atoms in total. The largest absolute Gasteiger partial charge is 0.365 e. The second-order valence-corrected chi connectivity index (χ2v) is 9.00. The average Bonchev–Trinajstić information content (AvgIpc) is 3.25. The molecule has 1 amide bonds. The van der Waals surface area contributed by atoms with E-state index in [4.69, 9.17) is 11.6 Å². The lowest BCUT2D eigenvalue weighted by atomic mass is 9.91. The van der Waals surface area contributed by atoms with E-state index in [1.165, 1.54) is 12.3 Å². The van der Waals surface area contributed by atoms with Crippen molar-refractivity contribution in [2.24, 2.45) is 0 Å². The quantitative estimate of drug-likeness (QED) is 0.308. The lowest BCUT2D eigenvalue weighted by Gasteiger charge is -2.30. The molecule has 0 radical (unpaired) electrons. The molecule has 1 aliphatic carbocycles. The lowest BCUT2D eigenvalue weighted by molar-refractivity contribution is 0.0916. The highest BCUT2D eigenvalue weighted by molar-refractivity contribution is 6.31. The summed E-state index contributed by atoms with van der Waals surface area (Å²) < 4.78 is 55.8. The SMILES string of the molecule is O=C(N[C@@H]1CCC[C@H](Nc2nc(-c3c[nH]c4c(F)cc(Cl)cc34)ncc2F)C1)c1ncc(F)cc1F. The molecular weight excluding hydrogens is 500 g/mol. The van der Waals surface area contributed by atoms with Gasteiger partial charge in [0.25, 0.3) is 5.91 Å². The third-order valence-corrected chi connectivity index (χ3v) is 6.28. The average molecular weight is 519 g/mol. The normalized spacial score (nSPS) is 17.8. The van der Waals surface area contributed by atoms with Gasteiger partial charge in [-0.1, -0.05) is 11.6 Å². The van der Waals surface area contributed by atoms with Gasteiger partial charge in [-0.25, -0.2) is 32.5 Å². The van der Waals surface area contributed by atoms with Crippen LogP contribution in [0.4, 0.5) is 23.4 Å². The standard InChI is InChI=1S/C24H19ClF4N6O/c25-11-4-15-16(9-31-20(15)17(27)5-11)22-32-10-19(29)23(35-22)33-13-2-1-3-14(7-13)34-24(36)21-18(28)6-12(26)8-30-21/h4-6,8-10,13-14,31H,1-3,7H2,(H,34,36)(H,32,33,35)/t13-,14+/m0/s1. The van der Waals surface area contributed by atoms with E-state index in [9.17, 15) is 22.4 Å². The minimum atomic E-state index is -1.05. The molecule has 1 fully saturated rings. The van der Waals surface area contributed by atoms with Gasteiger partial charge in [0.05, 0.1) is 17.9 Å². The van der Waals surface area contributed by atoms with Crippen molar-refractivity contribution >= 4 is 34.2 Å². The Balaban J connectivity index is 1.32. The van der Waals surface area contributed by atoms with Crippen molar-refractivity contribution in [3.63, 3.8) is 0 Å². The number of carbonyl (C=O) groups excluding carboxylic acids is 1. The third-order valence-electron chi connectivity index (χ3n) is 6.06. The minimum absolute atomic E-state index is 0.0416. The molecule has 4 aromatic rings. The maximum absolute atomic E-state index is 14.6. The van der Waals surface area contributed by atoms with Gasteiger partial charge in [-0.3, -0.25) is 4.79 Å². The molecule has 0 saturated heterocycles. The van der Waals surface area contributed by atoms with Crippen LogP contribution in [0.25, 0.3) is 22.3 Å². The van der Waals surface area contributed by atoms with Crippen molar-refractivity contribution in [1.29, 1.82) is 0 Å². The molecule has 186 valence electrons. The van der Waals surface area contributed by atoms with Crippen LogP contribution in [0.1, 0.15) is 36.2 Å². The van der Waals surface area contributed by atoms with Gasteiger partial charge in [-0.15, -0.1) is 0 Å². The van der Waals surface area contributed by atoms with E-state index in [1.54, 1.807) is 6.07 Å². The molecule has 1 aromatic carbocycles. The number of rotatable bonds is 5. The zero-order valence-corrected chi connectivity index (χ0v) is 19.3. The van der Waals surface area contributed by atoms with Gasteiger partial charge >= 0.3 is 0 Å². The number of amides is 1. The van der Waals surface area contributed by atoms with Crippen molar-refractivity contribution < 1.29 is 22.4 Å². The third kappa shape index (κ3) is 4.83. The van der Waals surface area contributed by atoms with Crippen LogP contribution >= 0.6 is 11.6 Å². The maximum atomic E-state index is 14.6. The fraction of sp³-hybridized carbons (Fsp3) is 0.250. The van der Waals surface area contributed by atoms with Crippen LogP contribution in [0.15, 0.2) is 36.8 Å². The summed E-state index contributed by atoms with van der Waals surface area (Å²) in [6.45, 7) is 0. The van der Waals surface area contributed by atoms with E-state index in [0.717, 1.165) is 12.4 Å². The first kappa shape index (κ1) is 24.0. The van der Waals surface area contributed by atoms with Crippen LogP contribution in [0, 0.1) is 23.3 Å². The monoisotopic (exact) mass is 518 g/mol. The Hall–Kier alpha value is -3.73. The van der Waals surface area contributed by atoms with Crippen molar-refractivity contribution in [2.75, 3.05) is 5.32 Å². The van der Waals surface area contributed by atoms with Crippen molar-refractivity contribution in [3.8, 4) is 11.4 Å². The molecule has 3 heterocycles. The molecule has 36 heavy (non-hydrogen) atoms. The summed E-state index contributed by atoms with van der Waals surface area (Å²) in [5.74, 6) is -3.75. The molecule has 3 aromatic heterocycles. The Kier molecular flexibility index (Phi) is 6.48. The van der Waals surface area contributed by atoms with E-state index in [-0.39, 0.29) is 34.3 Å². The zero-order valence-electron chi connectivity index (χ0n) is 18.6. The molecule has 3 N–H and O–H groups in total. The van der Waals surface area contributed by atoms with E-state index < -0.39 is 34.9 Å². The summed E-state index contributed by atoms with van der Waals surface area (Å²) in [5.41, 5.74) is 0.195. The second-order valence-electron chi connectivity index (χ2n) is 8.56. The maximum Gasteiger partial charge on any atom is 0.273 e. The number of halogens is 5. The Labute approximate surface area is 207 Å². The number of H-pyrrole nitrogens is 1. The molecule has 0 bridgehead atoms. The Morgan fingerprint density at radius 1 is 1.00 bits per heavy atom. The van der Waals surface area contributed by atoms with E-state index in [1.807, 2.05) is 0 Å². The fourth-order valence-corrected chi connectivity index (χ4v) is 4.62. The fourth-order valence-electron chi connectivity index (χ4n) is 4.42.